The fraction of sp³-hybridized carbons (Fsp3) is 0.400. The van der Waals surface area contributed by atoms with Gasteiger partial charge in [-0.05, 0) is 81.6 Å². The van der Waals surface area contributed by atoms with E-state index >= 15 is 0 Å². The number of likely N-dealkylation sites (tertiary alicyclic amines) is 2. The molecule has 2 aliphatic heterocycles. The third-order valence-electron chi connectivity index (χ3n) is 10.2. The molecule has 0 saturated carbocycles. The second-order valence-corrected chi connectivity index (χ2v) is 20.1. The van der Waals surface area contributed by atoms with Crippen LogP contribution in [0.25, 0.3) is 32.3 Å². The van der Waals surface area contributed by atoms with Crippen molar-refractivity contribution in [2.75, 3.05) is 40.3 Å². The highest BCUT2D eigenvalue weighted by Gasteiger charge is 2.36. The molecule has 0 unspecified atom stereocenters. The zero-order valence-electron chi connectivity index (χ0n) is 30.7. The van der Waals surface area contributed by atoms with E-state index in [1.54, 1.807) is 51.6 Å². The number of nitrogens with one attached hydrogen (secondary N) is 2. The van der Waals surface area contributed by atoms with Gasteiger partial charge < -0.3 is 14.2 Å². The Bertz CT molecular complexity index is 2150. The molecule has 0 aliphatic carbocycles. The second kappa shape index (κ2) is 15.9. The standard InChI is InChI=1S/C22H26N2O2S2.C18H24N2O3S/c1-15(2)28(25,26)23-21-13-24(3)12-19(21)16-8-10-17(11-9-16)20-14-27-22-7-5-4-6-18(20)22;1-13(2)24(21,22)19-18-11-20(3)10-17(18)15-6-4-14(5-7-15)16-8-9-23-12-16/h4-11,14-15,19,21,23H,12-13H2,1-3H3;4-9,12-13,17-19H,10-11H2,1-3H3/t19-,21+;17-,18+/m11/s1. The Balaban J connectivity index is 0.000000181. The number of hydrogen-bond donors (Lipinski definition) is 2. The topological polar surface area (TPSA) is 112 Å². The fourth-order valence-corrected chi connectivity index (χ4v) is 9.91. The fourth-order valence-electron chi connectivity index (χ4n) is 7.07. The van der Waals surface area contributed by atoms with Crippen molar-refractivity contribution in [2.45, 2.75) is 62.1 Å². The maximum absolute atomic E-state index is 12.4. The number of rotatable bonds is 10. The summed E-state index contributed by atoms with van der Waals surface area (Å²) in [6, 6.07) is 27.1. The average Bonchev–Trinajstić information content (AvgIpc) is 3.92. The molecule has 3 aromatic carbocycles. The van der Waals surface area contributed by atoms with Crippen LogP contribution in [-0.2, 0) is 20.0 Å². The Kier molecular flexibility index (Phi) is 11.8. The molecule has 12 heteroatoms. The summed E-state index contributed by atoms with van der Waals surface area (Å²) < 4.78 is 61.5. The van der Waals surface area contributed by atoms with Gasteiger partial charge in [0.1, 0.15) is 0 Å². The number of thiophene rings is 1. The molecule has 2 saturated heterocycles. The Hall–Kier alpha value is -3.36. The van der Waals surface area contributed by atoms with Crippen LogP contribution in [0.1, 0.15) is 50.7 Å². The summed E-state index contributed by atoms with van der Waals surface area (Å²) in [6.45, 7) is 9.99. The SMILES string of the molecule is CC(C)S(=O)(=O)N[C@H]1CN(C)C[C@@H]1c1ccc(-c2ccoc2)cc1.CC(C)S(=O)(=O)N[C@H]1CN(C)C[C@@H]1c1ccc(-c2csc3ccccc23)cc1. The van der Waals surface area contributed by atoms with E-state index in [-0.39, 0.29) is 23.9 Å². The van der Waals surface area contributed by atoms with Crippen LogP contribution in [0, 0.1) is 0 Å². The molecule has 5 aromatic rings. The Morgan fingerprint density at radius 2 is 1.15 bits per heavy atom. The van der Waals surface area contributed by atoms with Crippen molar-refractivity contribution in [1.29, 1.82) is 0 Å². The number of furan rings is 1. The minimum atomic E-state index is -3.29. The molecule has 4 atom stereocenters. The van der Waals surface area contributed by atoms with Gasteiger partial charge in [-0.3, -0.25) is 0 Å². The van der Waals surface area contributed by atoms with E-state index in [2.05, 4.69) is 97.4 Å². The Morgan fingerprint density at radius 1 is 0.654 bits per heavy atom. The molecule has 0 amide bonds. The summed E-state index contributed by atoms with van der Waals surface area (Å²) in [5, 5.41) is 2.65. The molecular weight excluding hydrogens is 713 g/mol. The maximum Gasteiger partial charge on any atom is 0.214 e. The van der Waals surface area contributed by atoms with Gasteiger partial charge in [-0.2, -0.15) is 0 Å². The first kappa shape index (κ1) is 38.4. The van der Waals surface area contributed by atoms with E-state index in [0.717, 1.165) is 42.9 Å². The molecule has 0 spiro atoms. The Morgan fingerprint density at radius 3 is 1.63 bits per heavy atom. The summed E-state index contributed by atoms with van der Waals surface area (Å²) >= 11 is 1.76. The minimum absolute atomic E-state index is 0.0924. The summed E-state index contributed by atoms with van der Waals surface area (Å²) in [5.74, 6) is 0.314. The average molecular weight is 763 g/mol. The first-order chi connectivity index (χ1) is 24.7. The molecule has 4 heterocycles. The number of benzene rings is 3. The molecular formula is C40H50N4O5S3. The monoisotopic (exact) mass is 762 g/mol. The highest BCUT2D eigenvalue weighted by atomic mass is 32.2. The van der Waals surface area contributed by atoms with Crippen molar-refractivity contribution in [3.8, 4) is 22.3 Å². The summed E-state index contributed by atoms with van der Waals surface area (Å²) in [7, 11) is -2.50. The molecule has 2 N–H and O–H groups in total. The van der Waals surface area contributed by atoms with Crippen LogP contribution in [-0.4, -0.2) is 89.5 Å². The number of nitrogens with zero attached hydrogens (tertiary/aromatic N) is 2. The van der Waals surface area contributed by atoms with Gasteiger partial charge in [0.15, 0.2) is 0 Å². The molecule has 9 nitrogen and oxygen atoms in total. The molecule has 278 valence electrons. The third kappa shape index (κ3) is 8.71. The van der Waals surface area contributed by atoms with Gasteiger partial charge >= 0.3 is 0 Å². The van der Waals surface area contributed by atoms with E-state index < -0.39 is 30.5 Å². The highest BCUT2D eigenvalue weighted by Crippen LogP contribution is 2.36. The van der Waals surface area contributed by atoms with Gasteiger partial charge in [0, 0.05) is 71.3 Å². The van der Waals surface area contributed by atoms with Crippen LogP contribution in [0.3, 0.4) is 0 Å². The van der Waals surface area contributed by atoms with Crippen molar-refractivity contribution >= 4 is 41.5 Å². The minimum Gasteiger partial charge on any atom is -0.472 e. The van der Waals surface area contributed by atoms with Gasteiger partial charge in [-0.25, -0.2) is 26.3 Å². The van der Waals surface area contributed by atoms with Crippen LogP contribution < -0.4 is 9.44 Å². The first-order valence-corrected chi connectivity index (χ1v) is 21.8. The molecule has 0 bridgehead atoms. The van der Waals surface area contributed by atoms with Crippen LogP contribution in [0.15, 0.2) is 101 Å². The lowest BCUT2D eigenvalue weighted by Gasteiger charge is -2.22. The predicted octanol–water partition coefficient (Wildman–Crippen LogP) is 6.97. The van der Waals surface area contributed by atoms with Crippen molar-refractivity contribution < 1.29 is 21.3 Å². The first-order valence-electron chi connectivity index (χ1n) is 17.8. The second-order valence-electron chi connectivity index (χ2n) is 14.7. The van der Waals surface area contributed by atoms with Crippen molar-refractivity contribution in [3.05, 3.63) is 108 Å². The van der Waals surface area contributed by atoms with E-state index in [1.165, 1.54) is 26.8 Å². The van der Waals surface area contributed by atoms with Gasteiger partial charge in [0.25, 0.3) is 0 Å². The number of likely N-dealkylation sites (N-methyl/N-ethyl adjacent to an activating group) is 2. The smallest absolute Gasteiger partial charge is 0.214 e. The Labute approximate surface area is 313 Å². The highest BCUT2D eigenvalue weighted by molar-refractivity contribution is 7.90. The van der Waals surface area contributed by atoms with Crippen molar-refractivity contribution in [3.63, 3.8) is 0 Å². The molecule has 2 aliphatic rings. The summed E-state index contributed by atoms with van der Waals surface area (Å²) in [6.07, 6.45) is 3.38. The lowest BCUT2D eigenvalue weighted by atomic mass is 9.93. The molecule has 2 fully saturated rings. The summed E-state index contributed by atoms with van der Waals surface area (Å²) in [5.41, 5.74) is 6.94. The number of fused-ring (bicyclic) bond motifs is 1. The molecule has 7 rings (SSSR count). The molecule has 2 aromatic heterocycles. The largest absolute Gasteiger partial charge is 0.472 e. The zero-order valence-corrected chi connectivity index (χ0v) is 33.1. The maximum atomic E-state index is 12.4. The number of sulfonamides is 2. The normalized spacial score (nSPS) is 21.6. The van der Waals surface area contributed by atoms with E-state index in [9.17, 15) is 16.8 Å². The lowest BCUT2D eigenvalue weighted by Crippen LogP contribution is -2.42. The third-order valence-corrected chi connectivity index (χ3v) is 14.9. The van der Waals surface area contributed by atoms with Gasteiger partial charge in [-0.1, -0.05) is 66.7 Å². The quantitative estimate of drug-likeness (QED) is 0.158. The van der Waals surface area contributed by atoms with E-state index in [1.807, 2.05) is 20.2 Å². The van der Waals surface area contributed by atoms with Crippen molar-refractivity contribution in [1.82, 2.24) is 19.2 Å². The summed E-state index contributed by atoms with van der Waals surface area (Å²) in [4.78, 5) is 4.36. The van der Waals surface area contributed by atoms with Crippen molar-refractivity contribution in [2.24, 2.45) is 0 Å². The number of hydrogen-bond acceptors (Lipinski definition) is 8. The van der Waals surface area contributed by atoms with E-state index in [4.69, 9.17) is 4.42 Å². The van der Waals surface area contributed by atoms with Crippen LogP contribution in [0.5, 0.6) is 0 Å². The van der Waals surface area contributed by atoms with Gasteiger partial charge in [0.05, 0.1) is 23.0 Å². The van der Waals surface area contributed by atoms with E-state index in [0.29, 0.717) is 0 Å². The van der Waals surface area contributed by atoms with Gasteiger partial charge in [0.2, 0.25) is 20.0 Å². The lowest BCUT2D eigenvalue weighted by molar-refractivity contribution is 0.404. The molecule has 52 heavy (non-hydrogen) atoms. The van der Waals surface area contributed by atoms with Crippen LogP contribution in [0.4, 0.5) is 0 Å². The van der Waals surface area contributed by atoms with Crippen LogP contribution in [0.2, 0.25) is 0 Å². The zero-order chi connectivity index (χ0) is 37.2. The predicted molar refractivity (Wildman–Crippen MR) is 214 cm³/mol. The molecule has 0 radical (unpaired) electrons. The van der Waals surface area contributed by atoms with Crippen LogP contribution >= 0.6 is 11.3 Å². The van der Waals surface area contributed by atoms with Gasteiger partial charge in [-0.15, -0.1) is 11.3 Å².